The maximum absolute atomic E-state index is 12.7. The SMILES string of the molecule is C/C(CCc1ccco1)=N\NC(=O)CCC(=O)Nc1cc(C(F)(F)F)ccc1Cl. The van der Waals surface area contributed by atoms with Crippen LogP contribution in [0, 0.1) is 0 Å². The monoisotopic (exact) mass is 429 g/mol. The molecule has 0 saturated carbocycles. The highest BCUT2D eigenvalue weighted by molar-refractivity contribution is 6.33. The lowest BCUT2D eigenvalue weighted by atomic mass is 10.2. The highest BCUT2D eigenvalue weighted by Crippen LogP contribution is 2.33. The Bertz CT molecular complexity index is 881. The van der Waals surface area contributed by atoms with Crippen molar-refractivity contribution in [2.24, 2.45) is 5.10 Å². The number of nitrogens with zero attached hydrogens (tertiary/aromatic N) is 1. The van der Waals surface area contributed by atoms with E-state index in [0.717, 1.165) is 24.0 Å². The van der Waals surface area contributed by atoms with Gasteiger partial charge in [0.25, 0.3) is 0 Å². The third-order valence-corrected chi connectivity index (χ3v) is 4.16. The van der Waals surface area contributed by atoms with E-state index in [9.17, 15) is 22.8 Å². The topological polar surface area (TPSA) is 83.7 Å². The number of anilines is 1. The van der Waals surface area contributed by atoms with Gasteiger partial charge in [-0.1, -0.05) is 11.6 Å². The number of hydrogen-bond donors (Lipinski definition) is 2. The number of halogens is 4. The Hall–Kier alpha value is -2.81. The number of hydrogen-bond acceptors (Lipinski definition) is 4. The van der Waals surface area contributed by atoms with E-state index in [1.54, 1.807) is 19.3 Å². The maximum Gasteiger partial charge on any atom is 0.416 e. The lowest BCUT2D eigenvalue weighted by molar-refractivity contribution is -0.137. The molecule has 0 saturated heterocycles. The molecule has 0 aliphatic rings. The standard InChI is InChI=1S/C19H19ClF3N3O3/c1-12(4-6-14-3-2-10-29-14)25-26-18(28)9-8-17(27)24-16-11-13(19(21,22)23)5-7-15(16)20/h2-3,5,7,10-11H,4,6,8-9H2,1H3,(H,24,27)(H,26,28)/b25-12+. The lowest BCUT2D eigenvalue weighted by Gasteiger charge is -2.11. The van der Waals surface area contributed by atoms with Crippen LogP contribution in [0.15, 0.2) is 46.1 Å². The molecule has 0 aliphatic heterocycles. The van der Waals surface area contributed by atoms with E-state index in [0.29, 0.717) is 18.6 Å². The van der Waals surface area contributed by atoms with Crippen molar-refractivity contribution in [2.45, 2.75) is 38.8 Å². The molecule has 10 heteroatoms. The van der Waals surface area contributed by atoms with Gasteiger partial charge in [0, 0.05) is 25.0 Å². The molecule has 2 N–H and O–H groups in total. The minimum atomic E-state index is -4.56. The van der Waals surface area contributed by atoms with E-state index in [1.165, 1.54) is 0 Å². The van der Waals surface area contributed by atoms with Crippen molar-refractivity contribution >= 4 is 34.8 Å². The van der Waals surface area contributed by atoms with E-state index >= 15 is 0 Å². The minimum absolute atomic E-state index is 0.0346. The largest absolute Gasteiger partial charge is 0.469 e. The molecule has 6 nitrogen and oxygen atoms in total. The zero-order chi connectivity index (χ0) is 21.4. The Morgan fingerprint density at radius 2 is 1.86 bits per heavy atom. The second kappa shape index (κ2) is 10.1. The highest BCUT2D eigenvalue weighted by Gasteiger charge is 2.31. The second-order valence-corrected chi connectivity index (χ2v) is 6.61. The number of amides is 2. The summed E-state index contributed by atoms with van der Waals surface area (Å²) in [6, 6.07) is 6.22. The van der Waals surface area contributed by atoms with E-state index in [4.69, 9.17) is 16.0 Å². The molecular weight excluding hydrogens is 411 g/mol. The molecule has 29 heavy (non-hydrogen) atoms. The van der Waals surface area contributed by atoms with Gasteiger partial charge in [0.1, 0.15) is 5.76 Å². The molecular formula is C19H19ClF3N3O3. The van der Waals surface area contributed by atoms with Gasteiger partial charge in [-0.15, -0.1) is 0 Å². The zero-order valence-corrected chi connectivity index (χ0v) is 16.2. The number of benzene rings is 1. The molecule has 0 aliphatic carbocycles. The molecule has 0 spiro atoms. The van der Waals surface area contributed by atoms with E-state index in [1.807, 2.05) is 6.07 Å². The van der Waals surface area contributed by atoms with Gasteiger partial charge in [0.2, 0.25) is 11.8 Å². The summed E-state index contributed by atoms with van der Waals surface area (Å²) < 4.78 is 43.4. The zero-order valence-electron chi connectivity index (χ0n) is 15.5. The molecule has 2 aromatic rings. The van der Waals surface area contributed by atoms with E-state index < -0.39 is 23.6 Å². The van der Waals surface area contributed by atoms with Crippen LogP contribution in [0.25, 0.3) is 0 Å². The first kappa shape index (κ1) is 22.5. The van der Waals surface area contributed by atoms with Gasteiger partial charge < -0.3 is 9.73 Å². The molecule has 0 atom stereocenters. The molecule has 2 amide bonds. The van der Waals surface area contributed by atoms with Crippen LogP contribution in [0.4, 0.5) is 18.9 Å². The third kappa shape index (κ3) is 7.61. The van der Waals surface area contributed by atoms with Gasteiger partial charge in [-0.3, -0.25) is 9.59 Å². The van der Waals surface area contributed by atoms with Crippen molar-refractivity contribution in [3.63, 3.8) is 0 Å². The van der Waals surface area contributed by atoms with Crippen LogP contribution in [0.1, 0.15) is 37.5 Å². The summed E-state index contributed by atoms with van der Waals surface area (Å²) in [6.45, 7) is 1.74. The number of rotatable bonds is 8. The van der Waals surface area contributed by atoms with Crippen LogP contribution in [-0.4, -0.2) is 17.5 Å². The molecule has 1 heterocycles. The predicted octanol–water partition coefficient (Wildman–Crippen LogP) is 4.80. The fourth-order valence-electron chi connectivity index (χ4n) is 2.27. The van der Waals surface area contributed by atoms with Gasteiger partial charge in [-0.25, -0.2) is 5.43 Å². The maximum atomic E-state index is 12.7. The summed E-state index contributed by atoms with van der Waals surface area (Å²) in [7, 11) is 0. The smallest absolute Gasteiger partial charge is 0.416 e. The van der Waals surface area contributed by atoms with Crippen molar-refractivity contribution in [3.8, 4) is 0 Å². The first-order chi connectivity index (χ1) is 13.6. The van der Waals surface area contributed by atoms with Crippen molar-refractivity contribution in [2.75, 3.05) is 5.32 Å². The Balaban J connectivity index is 1.78. The normalized spacial score (nSPS) is 12.0. The minimum Gasteiger partial charge on any atom is -0.469 e. The average molecular weight is 430 g/mol. The third-order valence-electron chi connectivity index (χ3n) is 3.83. The highest BCUT2D eigenvalue weighted by atomic mass is 35.5. The van der Waals surface area contributed by atoms with Crippen LogP contribution in [0.2, 0.25) is 5.02 Å². The number of hydrazone groups is 1. The molecule has 0 bridgehead atoms. The first-order valence-electron chi connectivity index (χ1n) is 8.66. The van der Waals surface area contributed by atoms with Crippen molar-refractivity contribution < 1.29 is 27.2 Å². The number of aryl methyl sites for hydroxylation is 1. The quantitative estimate of drug-likeness (QED) is 0.467. The first-order valence-corrected chi connectivity index (χ1v) is 9.04. The molecule has 156 valence electrons. The fraction of sp³-hybridized carbons (Fsp3) is 0.316. The van der Waals surface area contributed by atoms with Crippen LogP contribution in [0.3, 0.4) is 0 Å². The van der Waals surface area contributed by atoms with Gasteiger partial charge in [0.05, 0.1) is 22.5 Å². The van der Waals surface area contributed by atoms with Gasteiger partial charge in [0.15, 0.2) is 0 Å². The van der Waals surface area contributed by atoms with Gasteiger partial charge in [-0.05, 0) is 43.7 Å². The van der Waals surface area contributed by atoms with Gasteiger partial charge in [-0.2, -0.15) is 18.3 Å². The summed E-state index contributed by atoms with van der Waals surface area (Å²) >= 11 is 5.82. The van der Waals surface area contributed by atoms with Gasteiger partial charge >= 0.3 is 6.18 Å². The number of furan rings is 1. The number of nitrogens with one attached hydrogen (secondary N) is 2. The van der Waals surface area contributed by atoms with Crippen LogP contribution < -0.4 is 10.7 Å². The number of carbonyl (C=O) groups excluding carboxylic acids is 2. The summed E-state index contributed by atoms with van der Waals surface area (Å²) in [6.07, 6.45) is -2.19. The summed E-state index contributed by atoms with van der Waals surface area (Å²) in [4.78, 5) is 23.7. The summed E-state index contributed by atoms with van der Waals surface area (Å²) in [5.74, 6) is -0.330. The Morgan fingerprint density at radius 3 is 2.52 bits per heavy atom. The molecule has 0 unspecified atom stereocenters. The van der Waals surface area contributed by atoms with Crippen molar-refractivity contribution in [3.05, 3.63) is 52.9 Å². The Kier molecular flexibility index (Phi) is 7.83. The molecule has 0 radical (unpaired) electrons. The van der Waals surface area contributed by atoms with Crippen molar-refractivity contribution in [1.29, 1.82) is 0 Å². The van der Waals surface area contributed by atoms with E-state index in [-0.39, 0.29) is 23.6 Å². The van der Waals surface area contributed by atoms with Crippen molar-refractivity contribution in [1.82, 2.24) is 5.43 Å². The van der Waals surface area contributed by atoms with Crippen LogP contribution in [-0.2, 0) is 22.2 Å². The second-order valence-electron chi connectivity index (χ2n) is 6.20. The average Bonchev–Trinajstić information content (AvgIpc) is 3.17. The van der Waals surface area contributed by atoms with Crippen LogP contribution in [0.5, 0.6) is 0 Å². The summed E-state index contributed by atoms with van der Waals surface area (Å²) in [5.41, 5.74) is 1.91. The molecule has 1 aromatic carbocycles. The molecule has 2 rings (SSSR count). The van der Waals surface area contributed by atoms with E-state index in [2.05, 4.69) is 15.8 Å². The Labute approximate surface area is 170 Å². The predicted molar refractivity (Wildman–Crippen MR) is 103 cm³/mol. The Morgan fingerprint density at radius 1 is 1.14 bits per heavy atom. The lowest BCUT2D eigenvalue weighted by Crippen LogP contribution is -2.22. The summed E-state index contributed by atoms with van der Waals surface area (Å²) in [5, 5.41) is 6.18. The number of carbonyl (C=O) groups is 2. The molecule has 0 fully saturated rings. The number of alkyl halides is 3. The fourth-order valence-corrected chi connectivity index (χ4v) is 2.43. The molecule has 1 aromatic heterocycles. The van der Waals surface area contributed by atoms with Crippen LogP contribution >= 0.6 is 11.6 Å².